The van der Waals surface area contributed by atoms with Crippen molar-refractivity contribution in [3.05, 3.63) is 22.6 Å². The average Bonchev–Trinajstić information content (AvgIpc) is 2.56. The van der Waals surface area contributed by atoms with Crippen LogP contribution >= 0.6 is 15.9 Å². The van der Waals surface area contributed by atoms with Crippen LogP contribution in [0, 0.1) is 5.92 Å². The molecule has 2 rings (SSSR count). The lowest BCUT2D eigenvalue weighted by Crippen LogP contribution is -2.50. The minimum Gasteiger partial charge on any atom is -0.481 e. The van der Waals surface area contributed by atoms with E-state index in [9.17, 15) is 9.59 Å². The summed E-state index contributed by atoms with van der Waals surface area (Å²) in [6.07, 6.45) is 0.117. The predicted molar refractivity (Wildman–Crippen MR) is 58.1 cm³/mol. The first-order chi connectivity index (χ1) is 7.56. The number of furan rings is 1. The maximum Gasteiger partial charge on any atom is 0.303 e. The molecule has 0 aromatic carbocycles. The first kappa shape index (κ1) is 11.2. The van der Waals surface area contributed by atoms with E-state index in [-0.39, 0.29) is 24.0 Å². The molecule has 0 atom stereocenters. The van der Waals surface area contributed by atoms with Gasteiger partial charge < -0.3 is 14.4 Å². The molecule has 1 aliphatic rings. The van der Waals surface area contributed by atoms with Crippen LogP contribution < -0.4 is 0 Å². The highest BCUT2D eigenvalue weighted by Crippen LogP contribution is 2.23. The third-order valence-corrected chi connectivity index (χ3v) is 2.92. The summed E-state index contributed by atoms with van der Waals surface area (Å²) in [6.45, 7) is 0.979. The lowest BCUT2D eigenvalue weighted by Gasteiger charge is -2.37. The minimum atomic E-state index is -0.821. The summed E-state index contributed by atoms with van der Waals surface area (Å²) >= 11 is 3.12. The molecule has 0 radical (unpaired) electrons. The van der Waals surface area contributed by atoms with E-state index in [1.807, 2.05) is 0 Å². The Balaban J connectivity index is 1.88. The van der Waals surface area contributed by atoms with Crippen LogP contribution in [0.5, 0.6) is 0 Å². The molecule has 0 spiro atoms. The van der Waals surface area contributed by atoms with Gasteiger partial charge in [-0.25, -0.2) is 0 Å². The highest BCUT2D eigenvalue weighted by Gasteiger charge is 2.33. The van der Waals surface area contributed by atoms with Gasteiger partial charge in [0.05, 0.1) is 6.42 Å². The van der Waals surface area contributed by atoms with E-state index in [1.165, 1.54) is 0 Å². The second kappa shape index (κ2) is 4.29. The van der Waals surface area contributed by atoms with Crippen molar-refractivity contribution in [1.82, 2.24) is 4.90 Å². The molecule has 0 aliphatic carbocycles. The lowest BCUT2D eigenvalue weighted by atomic mass is 9.96. The molecular formula is C10H10BrNO4. The van der Waals surface area contributed by atoms with Gasteiger partial charge in [-0.15, -0.1) is 0 Å². The fraction of sp³-hybridized carbons (Fsp3) is 0.400. The van der Waals surface area contributed by atoms with Crippen molar-refractivity contribution in [2.24, 2.45) is 5.92 Å². The van der Waals surface area contributed by atoms with Gasteiger partial charge in [0.2, 0.25) is 0 Å². The molecular weight excluding hydrogens is 278 g/mol. The van der Waals surface area contributed by atoms with Gasteiger partial charge in [-0.1, -0.05) is 0 Å². The van der Waals surface area contributed by atoms with E-state index in [4.69, 9.17) is 9.52 Å². The molecule has 1 amide bonds. The number of carboxylic acid groups (broad SMARTS) is 1. The van der Waals surface area contributed by atoms with Gasteiger partial charge in [0.15, 0.2) is 10.4 Å². The molecule has 1 N–H and O–H groups in total. The second-order valence-electron chi connectivity index (χ2n) is 3.78. The van der Waals surface area contributed by atoms with Crippen molar-refractivity contribution < 1.29 is 19.1 Å². The summed E-state index contributed by atoms with van der Waals surface area (Å²) in [6, 6.07) is 3.25. The van der Waals surface area contributed by atoms with Crippen LogP contribution in [0.1, 0.15) is 17.0 Å². The molecule has 1 aromatic rings. The largest absolute Gasteiger partial charge is 0.481 e. The molecule has 1 fully saturated rings. The Morgan fingerprint density at radius 3 is 2.69 bits per heavy atom. The van der Waals surface area contributed by atoms with E-state index >= 15 is 0 Å². The van der Waals surface area contributed by atoms with Gasteiger partial charge in [-0.2, -0.15) is 0 Å². The predicted octanol–water partition coefficient (Wildman–Crippen LogP) is 1.59. The maximum absolute atomic E-state index is 11.7. The summed E-state index contributed by atoms with van der Waals surface area (Å²) in [5.74, 6) is -0.661. The number of likely N-dealkylation sites (tertiary alicyclic amines) is 1. The van der Waals surface area contributed by atoms with Crippen LogP contribution in [0.25, 0.3) is 0 Å². The van der Waals surface area contributed by atoms with Crippen LogP contribution in [0.15, 0.2) is 21.2 Å². The molecule has 16 heavy (non-hydrogen) atoms. The number of halogens is 1. The summed E-state index contributed by atoms with van der Waals surface area (Å²) in [7, 11) is 0. The summed E-state index contributed by atoms with van der Waals surface area (Å²) in [5.41, 5.74) is 0. The van der Waals surface area contributed by atoms with Gasteiger partial charge in [0.1, 0.15) is 0 Å². The molecule has 0 bridgehead atoms. The zero-order valence-corrected chi connectivity index (χ0v) is 9.94. The monoisotopic (exact) mass is 287 g/mol. The molecule has 1 saturated heterocycles. The fourth-order valence-corrected chi connectivity index (χ4v) is 2.00. The molecule has 1 aromatic heterocycles. The second-order valence-corrected chi connectivity index (χ2v) is 4.56. The molecule has 0 unspecified atom stereocenters. The summed E-state index contributed by atoms with van der Waals surface area (Å²) < 4.78 is 5.64. The Morgan fingerprint density at radius 2 is 2.19 bits per heavy atom. The molecule has 6 heteroatoms. The first-order valence-corrected chi connectivity index (χ1v) is 5.62. The molecule has 1 aliphatic heterocycles. The van der Waals surface area contributed by atoms with E-state index in [0.717, 1.165) is 0 Å². The fourth-order valence-electron chi connectivity index (χ4n) is 1.70. The van der Waals surface area contributed by atoms with Gasteiger partial charge in [0.25, 0.3) is 5.91 Å². The van der Waals surface area contributed by atoms with Crippen LogP contribution in [0.2, 0.25) is 0 Å². The third-order valence-electron chi connectivity index (χ3n) is 2.49. The maximum atomic E-state index is 11.7. The highest BCUT2D eigenvalue weighted by molar-refractivity contribution is 9.10. The molecule has 0 saturated carbocycles. The standard InChI is InChI=1S/C10H10BrNO4/c11-8-2-1-7(16-8)10(15)12-4-6(5-12)3-9(13)14/h1-2,6H,3-5H2,(H,13,14). The number of hydrogen-bond acceptors (Lipinski definition) is 3. The number of rotatable bonds is 3. The van der Waals surface area contributed by atoms with E-state index in [2.05, 4.69) is 15.9 Å². The molecule has 5 nitrogen and oxygen atoms in total. The van der Waals surface area contributed by atoms with Gasteiger partial charge >= 0.3 is 5.97 Å². The van der Waals surface area contributed by atoms with Crippen molar-refractivity contribution in [1.29, 1.82) is 0 Å². The topological polar surface area (TPSA) is 70.8 Å². The Morgan fingerprint density at radius 1 is 1.50 bits per heavy atom. The number of carboxylic acids is 1. The van der Waals surface area contributed by atoms with Crippen molar-refractivity contribution >= 4 is 27.8 Å². The first-order valence-electron chi connectivity index (χ1n) is 4.82. The third kappa shape index (κ3) is 2.27. The van der Waals surface area contributed by atoms with Crippen molar-refractivity contribution in [3.63, 3.8) is 0 Å². The number of aliphatic carboxylic acids is 1. The zero-order valence-electron chi connectivity index (χ0n) is 8.35. The smallest absolute Gasteiger partial charge is 0.303 e. The normalized spacial score (nSPS) is 15.9. The minimum absolute atomic E-state index is 0.0693. The number of carbonyl (C=O) groups excluding carboxylic acids is 1. The van der Waals surface area contributed by atoms with Crippen LogP contribution in [0.3, 0.4) is 0 Å². The number of nitrogens with zero attached hydrogens (tertiary/aromatic N) is 1. The van der Waals surface area contributed by atoms with Gasteiger partial charge in [-0.3, -0.25) is 9.59 Å². The molecule has 86 valence electrons. The van der Waals surface area contributed by atoms with Gasteiger partial charge in [0, 0.05) is 19.0 Å². The Hall–Kier alpha value is -1.30. The highest BCUT2D eigenvalue weighted by atomic mass is 79.9. The number of amides is 1. The van der Waals surface area contributed by atoms with Crippen LogP contribution in [-0.4, -0.2) is 35.0 Å². The summed E-state index contributed by atoms with van der Waals surface area (Å²) in [4.78, 5) is 23.7. The zero-order chi connectivity index (χ0) is 11.7. The van der Waals surface area contributed by atoms with E-state index in [1.54, 1.807) is 17.0 Å². The van der Waals surface area contributed by atoms with Crippen LogP contribution in [-0.2, 0) is 4.79 Å². The number of hydrogen-bond donors (Lipinski definition) is 1. The van der Waals surface area contributed by atoms with Gasteiger partial charge in [-0.05, 0) is 28.1 Å². The van der Waals surface area contributed by atoms with Crippen molar-refractivity contribution in [2.75, 3.05) is 13.1 Å². The van der Waals surface area contributed by atoms with E-state index in [0.29, 0.717) is 17.8 Å². The molecule has 2 heterocycles. The summed E-state index contributed by atoms with van der Waals surface area (Å²) in [5, 5.41) is 8.57. The van der Waals surface area contributed by atoms with Crippen LogP contribution in [0.4, 0.5) is 0 Å². The average molecular weight is 288 g/mol. The Bertz CT molecular complexity index is 422. The number of carbonyl (C=O) groups is 2. The Kier molecular flexibility index (Phi) is 3.00. The SMILES string of the molecule is O=C(O)CC1CN(C(=O)c2ccc(Br)o2)C1. The van der Waals surface area contributed by atoms with Crippen molar-refractivity contribution in [2.45, 2.75) is 6.42 Å². The Labute approximate surface area is 100 Å². The lowest BCUT2D eigenvalue weighted by molar-refractivity contribution is -0.139. The van der Waals surface area contributed by atoms with Crippen molar-refractivity contribution in [3.8, 4) is 0 Å². The van der Waals surface area contributed by atoms with E-state index < -0.39 is 5.97 Å². The quantitative estimate of drug-likeness (QED) is 0.916.